The third-order valence-corrected chi connectivity index (χ3v) is 2.97. The summed E-state index contributed by atoms with van der Waals surface area (Å²) in [6.07, 6.45) is 2.80. The highest BCUT2D eigenvalue weighted by atomic mass is 19.1. The SMILES string of the molecule is Cc1ccc(C)c(NC(=O)/C=C/c2ccccc2F)c1. The first-order chi connectivity index (χ1) is 9.56. The molecule has 0 aromatic heterocycles. The van der Waals surface area contributed by atoms with Gasteiger partial charge in [-0.15, -0.1) is 0 Å². The predicted octanol–water partition coefficient (Wildman–Crippen LogP) is 4.09. The van der Waals surface area contributed by atoms with Crippen LogP contribution >= 0.6 is 0 Å². The van der Waals surface area contributed by atoms with E-state index in [2.05, 4.69) is 5.32 Å². The van der Waals surface area contributed by atoms with Crippen molar-refractivity contribution >= 4 is 17.7 Å². The molecule has 2 nitrogen and oxygen atoms in total. The summed E-state index contributed by atoms with van der Waals surface area (Å²) in [6, 6.07) is 12.2. The number of carbonyl (C=O) groups excluding carboxylic acids is 1. The molecule has 2 rings (SSSR count). The Bertz CT molecular complexity index is 662. The van der Waals surface area contributed by atoms with Gasteiger partial charge < -0.3 is 5.32 Å². The lowest BCUT2D eigenvalue weighted by molar-refractivity contribution is -0.111. The standard InChI is InChI=1S/C17H16FNO/c1-12-7-8-13(2)16(11-12)19-17(20)10-9-14-5-3-4-6-15(14)18/h3-11H,1-2H3,(H,19,20)/b10-9+. The van der Waals surface area contributed by atoms with Crippen molar-refractivity contribution in [2.75, 3.05) is 5.32 Å². The molecule has 102 valence electrons. The molecule has 0 aliphatic rings. The first-order valence-corrected chi connectivity index (χ1v) is 6.37. The fourth-order valence-corrected chi connectivity index (χ4v) is 1.82. The highest BCUT2D eigenvalue weighted by Crippen LogP contribution is 2.16. The molecule has 2 aromatic rings. The summed E-state index contributed by atoms with van der Waals surface area (Å²) < 4.78 is 13.4. The average Bonchev–Trinajstić information content (AvgIpc) is 2.42. The molecule has 0 atom stereocenters. The Hall–Kier alpha value is -2.42. The van der Waals surface area contributed by atoms with E-state index in [0.717, 1.165) is 16.8 Å². The van der Waals surface area contributed by atoms with Crippen molar-refractivity contribution in [3.05, 3.63) is 71.0 Å². The van der Waals surface area contributed by atoms with E-state index in [-0.39, 0.29) is 11.7 Å². The molecule has 20 heavy (non-hydrogen) atoms. The number of anilines is 1. The third kappa shape index (κ3) is 3.54. The lowest BCUT2D eigenvalue weighted by atomic mass is 10.1. The van der Waals surface area contributed by atoms with Gasteiger partial charge in [0, 0.05) is 17.3 Å². The van der Waals surface area contributed by atoms with Gasteiger partial charge in [-0.25, -0.2) is 4.39 Å². The van der Waals surface area contributed by atoms with Crippen LogP contribution in [-0.2, 0) is 4.79 Å². The zero-order chi connectivity index (χ0) is 14.5. The van der Waals surface area contributed by atoms with Crippen LogP contribution in [0.2, 0.25) is 0 Å². The normalized spacial score (nSPS) is 10.8. The molecule has 2 aromatic carbocycles. The van der Waals surface area contributed by atoms with Gasteiger partial charge in [-0.3, -0.25) is 4.79 Å². The van der Waals surface area contributed by atoms with E-state index >= 15 is 0 Å². The van der Waals surface area contributed by atoms with Crippen LogP contribution in [0.25, 0.3) is 6.08 Å². The molecule has 0 aliphatic carbocycles. The van der Waals surface area contributed by atoms with Crippen molar-refractivity contribution in [1.29, 1.82) is 0 Å². The van der Waals surface area contributed by atoms with E-state index < -0.39 is 0 Å². The van der Waals surface area contributed by atoms with Gasteiger partial charge in [-0.05, 0) is 43.2 Å². The number of halogens is 1. The van der Waals surface area contributed by atoms with Gasteiger partial charge in [-0.1, -0.05) is 30.3 Å². The van der Waals surface area contributed by atoms with Crippen LogP contribution in [0.4, 0.5) is 10.1 Å². The summed E-state index contributed by atoms with van der Waals surface area (Å²) in [7, 11) is 0. The van der Waals surface area contributed by atoms with Crippen LogP contribution in [0, 0.1) is 19.7 Å². The van der Waals surface area contributed by atoms with Crippen molar-refractivity contribution in [3.8, 4) is 0 Å². The molecule has 0 spiro atoms. The number of hydrogen-bond acceptors (Lipinski definition) is 1. The van der Waals surface area contributed by atoms with Crippen LogP contribution in [-0.4, -0.2) is 5.91 Å². The summed E-state index contributed by atoms with van der Waals surface area (Å²) in [5.74, 6) is -0.620. The predicted molar refractivity (Wildman–Crippen MR) is 80.0 cm³/mol. The number of amides is 1. The van der Waals surface area contributed by atoms with Gasteiger partial charge in [0.1, 0.15) is 5.82 Å². The molecule has 0 fully saturated rings. The molecular formula is C17H16FNO. The summed E-state index contributed by atoms with van der Waals surface area (Å²) in [4.78, 5) is 11.8. The van der Waals surface area contributed by atoms with E-state index in [1.165, 1.54) is 18.2 Å². The van der Waals surface area contributed by atoms with Crippen LogP contribution in [0.5, 0.6) is 0 Å². The van der Waals surface area contributed by atoms with Crippen LogP contribution in [0.1, 0.15) is 16.7 Å². The lowest BCUT2D eigenvalue weighted by Gasteiger charge is -2.07. The van der Waals surface area contributed by atoms with E-state index in [0.29, 0.717) is 5.56 Å². The zero-order valence-corrected chi connectivity index (χ0v) is 11.5. The molecule has 3 heteroatoms. The van der Waals surface area contributed by atoms with Crippen molar-refractivity contribution < 1.29 is 9.18 Å². The quantitative estimate of drug-likeness (QED) is 0.835. The minimum atomic E-state index is -0.344. The van der Waals surface area contributed by atoms with Gasteiger partial charge in [0.15, 0.2) is 0 Å². The fourth-order valence-electron chi connectivity index (χ4n) is 1.82. The summed E-state index contributed by atoms with van der Waals surface area (Å²) in [5, 5.41) is 2.79. The Morgan fingerprint density at radius 3 is 2.65 bits per heavy atom. The maximum Gasteiger partial charge on any atom is 0.248 e. The first-order valence-electron chi connectivity index (χ1n) is 6.37. The van der Waals surface area contributed by atoms with Crippen LogP contribution < -0.4 is 5.32 Å². The Kier molecular flexibility index (Phi) is 4.31. The van der Waals surface area contributed by atoms with E-state index in [9.17, 15) is 9.18 Å². The van der Waals surface area contributed by atoms with Crippen molar-refractivity contribution in [2.45, 2.75) is 13.8 Å². The van der Waals surface area contributed by atoms with E-state index in [1.54, 1.807) is 18.2 Å². The Balaban J connectivity index is 2.10. The Morgan fingerprint density at radius 1 is 1.15 bits per heavy atom. The minimum absolute atomic E-state index is 0.276. The maximum atomic E-state index is 13.4. The molecule has 0 radical (unpaired) electrons. The summed E-state index contributed by atoms with van der Waals surface area (Å²) in [6.45, 7) is 3.89. The molecule has 1 amide bonds. The van der Waals surface area contributed by atoms with Crippen LogP contribution in [0.3, 0.4) is 0 Å². The largest absolute Gasteiger partial charge is 0.322 e. The molecule has 0 bridgehead atoms. The van der Waals surface area contributed by atoms with Gasteiger partial charge >= 0.3 is 0 Å². The molecule has 0 saturated heterocycles. The Labute approximate surface area is 118 Å². The maximum absolute atomic E-state index is 13.4. The second kappa shape index (κ2) is 6.15. The van der Waals surface area contributed by atoms with Crippen molar-refractivity contribution in [2.24, 2.45) is 0 Å². The molecule has 0 heterocycles. The van der Waals surface area contributed by atoms with Crippen molar-refractivity contribution in [3.63, 3.8) is 0 Å². The molecular weight excluding hydrogens is 253 g/mol. The second-order valence-corrected chi connectivity index (χ2v) is 4.66. The number of nitrogens with one attached hydrogen (secondary N) is 1. The van der Waals surface area contributed by atoms with Gasteiger partial charge in [0.05, 0.1) is 0 Å². The van der Waals surface area contributed by atoms with Crippen LogP contribution in [0.15, 0.2) is 48.5 Å². The topological polar surface area (TPSA) is 29.1 Å². The molecule has 0 unspecified atom stereocenters. The third-order valence-electron chi connectivity index (χ3n) is 2.97. The monoisotopic (exact) mass is 269 g/mol. The zero-order valence-electron chi connectivity index (χ0n) is 11.5. The molecule has 0 saturated carbocycles. The molecule has 0 aliphatic heterocycles. The second-order valence-electron chi connectivity index (χ2n) is 4.66. The lowest BCUT2D eigenvalue weighted by Crippen LogP contribution is -2.09. The average molecular weight is 269 g/mol. The van der Waals surface area contributed by atoms with Gasteiger partial charge in [0.25, 0.3) is 0 Å². The molecule has 1 N–H and O–H groups in total. The Morgan fingerprint density at radius 2 is 1.90 bits per heavy atom. The van der Waals surface area contributed by atoms with E-state index in [4.69, 9.17) is 0 Å². The highest BCUT2D eigenvalue weighted by molar-refractivity contribution is 6.02. The minimum Gasteiger partial charge on any atom is -0.322 e. The number of carbonyl (C=O) groups is 1. The number of aryl methyl sites for hydroxylation is 2. The van der Waals surface area contributed by atoms with Gasteiger partial charge in [-0.2, -0.15) is 0 Å². The van der Waals surface area contributed by atoms with E-state index in [1.807, 2.05) is 32.0 Å². The van der Waals surface area contributed by atoms with Gasteiger partial charge in [0.2, 0.25) is 5.91 Å². The smallest absolute Gasteiger partial charge is 0.248 e. The number of rotatable bonds is 3. The highest BCUT2D eigenvalue weighted by Gasteiger charge is 2.02. The number of hydrogen-bond donors (Lipinski definition) is 1. The fraction of sp³-hybridized carbons (Fsp3) is 0.118. The summed E-state index contributed by atoms with van der Waals surface area (Å²) in [5.41, 5.74) is 3.23. The number of benzene rings is 2. The summed E-state index contributed by atoms with van der Waals surface area (Å²) >= 11 is 0. The first kappa shape index (κ1) is 14.0. The van der Waals surface area contributed by atoms with Crippen molar-refractivity contribution in [1.82, 2.24) is 0 Å².